The van der Waals surface area contributed by atoms with Gasteiger partial charge in [-0.05, 0) is 68.8 Å². The molecule has 1 aromatic heterocycles. The first-order valence-electron chi connectivity index (χ1n) is 10.7. The number of aliphatic carboxylic acids is 1. The molecular weight excluding hydrogens is 469 g/mol. The zero-order valence-electron chi connectivity index (χ0n) is 18.9. The molecule has 0 bridgehead atoms. The summed E-state index contributed by atoms with van der Waals surface area (Å²) < 4.78 is 49.8. The second-order valence-electron chi connectivity index (χ2n) is 8.16. The molecule has 3 rings (SSSR count). The molecule has 2 aromatic carbocycles. The van der Waals surface area contributed by atoms with Crippen molar-refractivity contribution < 1.29 is 32.2 Å². The molecule has 0 aliphatic rings. The number of thioether (sulfide) groups is 1. The number of aromatic nitrogens is 2. The summed E-state index contributed by atoms with van der Waals surface area (Å²) >= 11 is 1.51. The van der Waals surface area contributed by atoms with Crippen LogP contribution in [0, 0.1) is 0 Å². The topological polar surface area (TPSA) is 85.5 Å². The van der Waals surface area contributed by atoms with Crippen molar-refractivity contribution in [2.24, 2.45) is 0 Å². The van der Waals surface area contributed by atoms with E-state index in [1.807, 2.05) is 12.1 Å². The molecule has 6 nitrogen and oxygen atoms in total. The van der Waals surface area contributed by atoms with Crippen molar-refractivity contribution in [1.29, 1.82) is 0 Å². The van der Waals surface area contributed by atoms with Crippen LogP contribution in [0.4, 0.5) is 13.2 Å². The first-order valence-corrected chi connectivity index (χ1v) is 11.6. The number of ether oxygens (including phenoxy) is 1. The van der Waals surface area contributed by atoms with Gasteiger partial charge in [0.1, 0.15) is 5.75 Å². The molecule has 10 heteroatoms. The Balaban J connectivity index is 1.75. The number of hydrogen-bond donors (Lipinski definition) is 1. The van der Waals surface area contributed by atoms with E-state index in [0.29, 0.717) is 17.2 Å². The summed E-state index contributed by atoms with van der Waals surface area (Å²) in [5.74, 6) is -0.0822. The lowest BCUT2D eigenvalue weighted by molar-refractivity contribution is -0.152. The van der Waals surface area contributed by atoms with Crippen LogP contribution in [0.25, 0.3) is 11.5 Å². The van der Waals surface area contributed by atoms with Gasteiger partial charge in [0.15, 0.2) is 5.60 Å². The quantitative estimate of drug-likeness (QED) is 0.303. The van der Waals surface area contributed by atoms with E-state index in [1.54, 1.807) is 12.1 Å². The molecule has 0 aliphatic heterocycles. The highest BCUT2D eigenvalue weighted by Crippen LogP contribution is 2.40. The zero-order chi connectivity index (χ0) is 24.9. The Hall–Kier alpha value is -3.01. The highest BCUT2D eigenvalue weighted by molar-refractivity contribution is 7.99. The fourth-order valence-corrected chi connectivity index (χ4v) is 4.10. The molecule has 0 radical (unpaired) electrons. The number of unbranched alkanes of at least 4 members (excludes halogenated alkanes) is 1. The number of alkyl halides is 3. The lowest BCUT2D eigenvalue weighted by Gasteiger charge is -2.21. The molecule has 1 N–H and O–H groups in total. The van der Waals surface area contributed by atoms with Gasteiger partial charge in [-0.3, -0.25) is 0 Å². The van der Waals surface area contributed by atoms with Crippen molar-refractivity contribution >= 4 is 17.7 Å². The zero-order valence-corrected chi connectivity index (χ0v) is 19.7. The Labute approximate surface area is 199 Å². The van der Waals surface area contributed by atoms with Gasteiger partial charge in [0, 0.05) is 10.5 Å². The number of halogens is 3. The molecule has 1 unspecified atom stereocenters. The van der Waals surface area contributed by atoms with E-state index in [-0.39, 0.29) is 11.1 Å². The van der Waals surface area contributed by atoms with Gasteiger partial charge in [-0.25, -0.2) is 4.79 Å². The van der Waals surface area contributed by atoms with Crippen LogP contribution in [0.5, 0.6) is 5.75 Å². The molecule has 0 fully saturated rings. The van der Waals surface area contributed by atoms with Crippen molar-refractivity contribution in [3.05, 3.63) is 60.0 Å². The summed E-state index contributed by atoms with van der Waals surface area (Å²) in [7, 11) is 0. The normalized spacial score (nSPS) is 13.0. The minimum Gasteiger partial charge on any atom is -0.478 e. The molecule has 3 aromatic rings. The van der Waals surface area contributed by atoms with Crippen molar-refractivity contribution in [2.45, 2.75) is 62.0 Å². The van der Waals surface area contributed by atoms with Crippen molar-refractivity contribution in [1.82, 2.24) is 10.2 Å². The summed E-state index contributed by atoms with van der Waals surface area (Å²) in [6.45, 7) is 5.02. The van der Waals surface area contributed by atoms with Gasteiger partial charge in [-0.15, -0.1) is 22.0 Å². The van der Waals surface area contributed by atoms with Crippen molar-refractivity contribution in [3.8, 4) is 17.2 Å². The van der Waals surface area contributed by atoms with E-state index >= 15 is 0 Å². The number of rotatable bonds is 10. The maximum absolute atomic E-state index is 12.8. The largest absolute Gasteiger partial charge is 0.478 e. The van der Waals surface area contributed by atoms with Gasteiger partial charge in [0.25, 0.3) is 0 Å². The predicted octanol–water partition coefficient (Wildman–Crippen LogP) is 7.02. The lowest BCUT2D eigenvalue weighted by atomic mass is 10.1. The van der Waals surface area contributed by atoms with Crippen LogP contribution in [0.1, 0.15) is 56.7 Å². The maximum Gasteiger partial charge on any atom is 0.416 e. The highest BCUT2D eigenvalue weighted by Gasteiger charge is 2.31. The second-order valence-corrected chi connectivity index (χ2v) is 9.43. The Bertz CT molecular complexity index is 1100. The highest BCUT2D eigenvalue weighted by atomic mass is 32.2. The molecule has 0 saturated heterocycles. The first kappa shape index (κ1) is 25.6. The standard InChI is InChI=1S/C24H25F3N2O4S/c1-4-5-6-19(34-18-13-11-17(12-14-18)33-23(2,3)22(30)31)21-29-28-20(32-21)15-7-9-16(10-8-15)24(25,26)27/h7-14,19H,4-6H2,1-3H3,(H,30,31). The number of benzene rings is 2. The summed E-state index contributed by atoms with van der Waals surface area (Å²) in [6.07, 6.45) is -1.76. The Kier molecular flexibility index (Phi) is 7.91. The van der Waals surface area contributed by atoms with Gasteiger partial charge >= 0.3 is 12.1 Å². The summed E-state index contributed by atoms with van der Waals surface area (Å²) in [5.41, 5.74) is -1.68. The van der Waals surface area contributed by atoms with E-state index in [1.165, 1.54) is 37.7 Å². The first-order chi connectivity index (χ1) is 16.0. The minimum atomic E-state index is -4.41. The number of nitrogens with zero attached hydrogens (tertiary/aromatic N) is 2. The average molecular weight is 495 g/mol. The molecule has 0 spiro atoms. The lowest BCUT2D eigenvalue weighted by Crippen LogP contribution is -2.37. The van der Waals surface area contributed by atoms with Gasteiger partial charge in [0.05, 0.1) is 10.8 Å². The van der Waals surface area contributed by atoms with Crippen LogP contribution in [0.3, 0.4) is 0 Å². The third-order valence-electron chi connectivity index (χ3n) is 4.99. The van der Waals surface area contributed by atoms with Gasteiger partial charge < -0.3 is 14.3 Å². The summed E-state index contributed by atoms with van der Waals surface area (Å²) in [4.78, 5) is 12.2. The van der Waals surface area contributed by atoms with Gasteiger partial charge in [0.2, 0.25) is 11.8 Å². The average Bonchev–Trinajstić information content (AvgIpc) is 3.27. The van der Waals surface area contributed by atoms with E-state index in [4.69, 9.17) is 9.15 Å². The van der Waals surface area contributed by atoms with E-state index in [2.05, 4.69) is 17.1 Å². The summed E-state index contributed by atoms with van der Waals surface area (Å²) in [5, 5.41) is 17.2. The van der Waals surface area contributed by atoms with Gasteiger partial charge in [-0.1, -0.05) is 19.8 Å². The van der Waals surface area contributed by atoms with E-state index in [9.17, 15) is 23.1 Å². The SMILES string of the molecule is CCCCC(Sc1ccc(OC(C)(C)C(=O)O)cc1)c1nnc(-c2ccc(C(F)(F)F)cc2)o1. The molecule has 0 aliphatic carbocycles. The predicted molar refractivity (Wildman–Crippen MR) is 122 cm³/mol. The number of carbonyl (C=O) groups is 1. The third-order valence-corrected chi connectivity index (χ3v) is 6.25. The molecule has 34 heavy (non-hydrogen) atoms. The van der Waals surface area contributed by atoms with Crippen LogP contribution in [0.15, 0.2) is 57.8 Å². The fourth-order valence-electron chi connectivity index (χ4n) is 2.99. The van der Waals surface area contributed by atoms with Crippen molar-refractivity contribution in [3.63, 3.8) is 0 Å². The number of carboxylic acids is 1. The van der Waals surface area contributed by atoms with E-state index in [0.717, 1.165) is 36.3 Å². The fraction of sp³-hybridized carbons (Fsp3) is 0.375. The second kappa shape index (κ2) is 10.5. The maximum atomic E-state index is 12.8. The Morgan fingerprint density at radius 3 is 2.29 bits per heavy atom. The van der Waals surface area contributed by atoms with Crippen LogP contribution < -0.4 is 4.74 Å². The van der Waals surface area contributed by atoms with Gasteiger partial charge in [-0.2, -0.15) is 13.2 Å². The van der Waals surface area contributed by atoms with Crippen LogP contribution in [-0.2, 0) is 11.0 Å². The summed E-state index contributed by atoms with van der Waals surface area (Å²) in [6, 6.07) is 11.6. The molecule has 0 saturated carbocycles. The van der Waals surface area contributed by atoms with Crippen LogP contribution >= 0.6 is 11.8 Å². The van der Waals surface area contributed by atoms with Crippen LogP contribution in [0.2, 0.25) is 0 Å². The Morgan fingerprint density at radius 1 is 1.09 bits per heavy atom. The Morgan fingerprint density at radius 2 is 1.74 bits per heavy atom. The smallest absolute Gasteiger partial charge is 0.416 e. The molecule has 1 atom stereocenters. The molecule has 1 heterocycles. The van der Waals surface area contributed by atoms with Crippen LogP contribution in [-0.4, -0.2) is 26.9 Å². The molecule has 182 valence electrons. The third kappa shape index (κ3) is 6.53. The van der Waals surface area contributed by atoms with E-state index < -0.39 is 23.3 Å². The monoisotopic (exact) mass is 494 g/mol. The van der Waals surface area contributed by atoms with Crippen molar-refractivity contribution in [2.75, 3.05) is 0 Å². The molecule has 0 amide bonds. The number of carboxylic acid groups (broad SMARTS) is 1. The minimum absolute atomic E-state index is 0.155. The number of hydrogen-bond acceptors (Lipinski definition) is 6. The molecular formula is C24H25F3N2O4S.